The highest BCUT2D eigenvalue weighted by atomic mass is 16.5. The molecule has 4 aromatic rings. The van der Waals surface area contributed by atoms with E-state index in [-0.39, 0.29) is 0 Å². The van der Waals surface area contributed by atoms with Crippen LogP contribution in [0.25, 0.3) is 22.8 Å². The molecule has 0 aliphatic heterocycles. The molecule has 0 unspecified atom stereocenters. The van der Waals surface area contributed by atoms with Crippen molar-refractivity contribution in [2.24, 2.45) is 0 Å². The molecule has 0 amide bonds. The number of benzene rings is 2. The predicted octanol–water partition coefficient (Wildman–Crippen LogP) is 5.20. The van der Waals surface area contributed by atoms with Gasteiger partial charge in [-0.2, -0.15) is 0 Å². The normalized spacial score (nSPS) is 10.6. The molecule has 4 rings (SSSR count). The number of esters is 1. The van der Waals surface area contributed by atoms with Crippen LogP contribution < -0.4 is 4.74 Å². The van der Waals surface area contributed by atoms with Crippen LogP contribution in [0.4, 0.5) is 0 Å². The van der Waals surface area contributed by atoms with Gasteiger partial charge in [0.1, 0.15) is 23.7 Å². The standard InChI is InChI=1S/C25H23N3O3/c1-3-30-25(29)22-15-26-24(28-22)21-11-7-10-20(27-21)19-14-17(2)12-13-23(19)31-16-18-8-5-4-6-9-18/h4-15H,3,16H2,1-2H3,(H,26,28). The average molecular weight is 413 g/mol. The second-order valence-electron chi connectivity index (χ2n) is 7.05. The number of aromatic nitrogens is 3. The van der Waals surface area contributed by atoms with Gasteiger partial charge in [0.25, 0.3) is 0 Å². The van der Waals surface area contributed by atoms with Crippen molar-refractivity contribution in [3.8, 4) is 28.5 Å². The molecular formula is C25H23N3O3. The van der Waals surface area contributed by atoms with Crippen molar-refractivity contribution in [1.82, 2.24) is 15.0 Å². The first kappa shape index (κ1) is 20.3. The molecular weight excluding hydrogens is 390 g/mol. The molecule has 0 spiro atoms. The predicted molar refractivity (Wildman–Crippen MR) is 119 cm³/mol. The number of nitrogens with zero attached hydrogens (tertiary/aromatic N) is 2. The van der Waals surface area contributed by atoms with Crippen LogP contribution in [-0.2, 0) is 11.3 Å². The number of pyridine rings is 1. The number of rotatable bonds is 7. The summed E-state index contributed by atoms with van der Waals surface area (Å²) in [6.45, 7) is 4.57. The van der Waals surface area contributed by atoms with Crippen molar-refractivity contribution in [3.63, 3.8) is 0 Å². The number of carbonyl (C=O) groups excluding carboxylic acids is 1. The van der Waals surface area contributed by atoms with Gasteiger partial charge in [-0.15, -0.1) is 0 Å². The fourth-order valence-corrected chi connectivity index (χ4v) is 3.19. The highest BCUT2D eigenvalue weighted by Crippen LogP contribution is 2.31. The topological polar surface area (TPSA) is 77.1 Å². The number of ether oxygens (including phenoxy) is 2. The lowest BCUT2D eigenvalue weighted by molar-refractivity contribution is 0.0520. The van der Waals surface area contributed by atoms with Crippen molar-refractivity contribution in [2.45, 2.75) is 20.5 Å². The summed E-state index contributed by atoms with van der Waals surface area (Å²) < 4.78 is 11.1. The van der Waals surface area contributed by atoms with E-state index in [1.807, 2.05) is 67.6 Å². The van der Waals surface area contributed by atoms with Crippen molar-refractivity contribution in [2.75, 3.05) is 6.61 Å². The Balaban J connectivity index is 1.63. The molecule has 156 valence electrons. The SMILES string of the molecule is CCOC(=O)c1cnc(-c2cccc(-c3cc(C)ccc3OCc3ccccc3)n2)[nH]1. The Morgan fingerprint density at radius 1 is 1.00 bits per heavy atom. The van der Waals surface area contributed by atoms with Crippen LogP contribution in [0.5, 0.6) is 5.75 Å². The van der Waals surface area contributed by atoms with Gasteiger partial charge in [0.05, 0.1) is 18.5 Å². The van der Waals surface area contributed by atoms with Crippen molar-refractivity contribution < 1.29 is 14.3 Å². The zero-order valence-corrected chi connectivity index (χ0v) is 17.5. The Kier molecular flexibility index (Phi) is 6.08. The minimum atomic E-state index is -0.437. The average Bonchev–Trinajstić information content (AvgIpc) is 3.30. The molecule has 31 heavy (non-hydrogen) atoms. The third-order valence-corrected chi connectivity index (χ3v) is 4.71. The zero-order valence-electron chi connectivity index (χ0n) is 17.5. The summed E-state index contributed by atoms with van der Waals surface area (Å²) >= 11 is 0. The second-order valence-corrected chi connectivity index (χ2v) is 7.05. The van der Waals surface area contributed by atoms with E-state index < -0.39 is 5.97 Å². The van der Waals surface area contributed by atoms with Gasteiger partial charge >= 0.3 is 5.97 Å². The van der Waals surface area contributed by atoms with Gasteiger partial charge in [-0.3, -0.25) is 0 Å². The summed E-state index contributed by atoms with van der Waals surface area (Å²) in [5.41, 5.74) is 4.79. The highest BCUT2D eigenvalue weighted by Gasteiger charge is 2.14. The smallest absolute Gasteiger partial charge is 0.356 e. The lowest BCUT2D eigenvalue weighted by Crippen LogP contribution is -2.04. The molecule has 0 aliphatic carbocycles. The molecule has 0 saturated heterocycles. The largest absolute Gasteiger partial charge is 0.488 e. The van der Waals surface area contributed by atoms with Crippen LogP contribution in [0.15, 0.2) is 72.9 Å². The number of imidazole rings is 1. The van der Waals surface area contributed by atoms with Crippen LogP contribution in [0.1, 0.15) is 28.5 Å². The van der Waals surface area contributed by atoms with Crippen LogP contribution in [-0.4, -0.2) is 27.5 Å². The van der Waals surface area contributed by atoms with E-state index in [1.54, 1.807) is 6.92 Å². The zero-order chi connectivity index (χ0) is 21.6. The van der Waals surface area contributed by atoms with Gasteiger partial charge in [-0.1, -0.05) is 48.0 Å². The number of nitrogens with one attached hydrogen (secondary N) is 1. The van der Waals surface area contributed by atoms with Crippen molar-refractivity contribution in [1.29, 1.82) is 0 Å². The number of hydrogen-bond donors (Lipinski definition) is 1. The van der Waals surface area contributed by atoms with E-state index in [9.17, 15) is 4.79 Å². The monoisotopic (exact) mass is 413 g/mol. The Hall–Kier alpha value is -3.93. The van der Waals surface area contributed by atoms with Gasteiger partial charge in [0.15, 0.2) is 5.82 Å². The summed E-state index contributed by atoms with van der Waals surface area (Å²) in [5.74, 6) is 0.822. The minimum absolute atomic E-state index is 0.298. The Bertz CT molecular complexity index is 1190. The van der Waals surface area contributed by atoms with Gasteiger partial charge in [-0.25, -0.2) is 14.8 Å². The number of hydrogen-bond acceptors (Lipinski definition) is 5. The van der Waals surface area contributed by atoms with Gasteiger partial charge < -0.3 is 14.5 Å². The third kappa shape index (κ3) is 4.80. The fourth-order valence-electron chi connectivity index (χ4n) is 3.19. The molecule has 6 nitrogen and oxygen atoms in total. The molecule has 6 heteroatoms. The Labute approximate surface area is 180 Å². The molecule has 1 N–H and O–H groups in total. The van der Waals surface area contributed by atoms with E-state index in [1.165, 1.54) is 6.20 Å². The third-order valence-electron chi connectivity index (χ3n) is 4.71. The first-order valence-electron chi connectivity index (χ1n) is 10.1. The quantitative estimate of drug-likeness (QED) is 0.421. The lowest BCUT2D eigenvalue weighted by Gasteiger charge is -2.13. The van der Waals surface area contributed by atoms with E-state index in [0.717, 1.165) is 28.1 Å². The lowest BCUT2D eigenvalue weighted by atomic mass is 10.1. The second kappa shape index (κ2) is 9.26. The van der Waals surface area contributed by atoms with Crippen LogP contribution in [0.2, 0.25) is 0 Å². The van der Waals surface area contributed by atoms with Gasteiger partial charge in [-0.05, 0) is 43.7 Å². The first-order valence-corrected chi connectivity index (χ1v) is 10.1. The number of carbonyl (C=O) groups is 1. The number of H-pyrrole nitrogens is 1. The summed E-state index contributed by atoms with van der Waals surface area (Å²) in [5, 5.41) is 0. The molecule has 0 bridgehead atoms. The first-order chi connectivity index (χ1) is 15.1. The maximum Gasteiger partial charge on any atom is 0.356 e. The summed E-state index contributed by atoms with van der Waals surface area (Å²) in [6, 6.07) is 21.8. The van der Waals surface area contributed by atoms with Gasteiger partial charge in [0.2, 0.25) is 0 Å². The number of aryl methyl sites for hydroxylation is 1. The van der Waals surface area contributed by atoms with Crippen LogP contribution >= 0.6 is 0 Å². The molecule has 0 atom stereocenters. The summed E-state index contributed by atoms with van der Waals surface area (Å²) in [6.07, 6.45) is 1.46. The van der Waals surface area contributed by atoms with E-state index in [2.05, 4.69) is 16.0 Å². The van der Waals surface area contributed by atoms with E-state index in [0.29, 0.717) is 30.4 Å². The maximum atomic E-state index is 11.9. The van der Waals surface area contributed by atoms with Crippen molar-refractivity contribution in [3.05, 3.63) is 89.7 Å². The maximum absolute atomic E-state index is 11.9. The number of aromatic amines is 1. The molecule has 0 fully saturated rings. The molecule has 2 aromatic carbocycles. The Morgan fingerprint density at radius 3 is 2.61 bits per heavy atom. The van der Waals surface area contributed by atoms with Gasteiger partial charge in [0, 0.05) is 5.56 Å². The molecule has 2 aromatic heterocycles. The fraction of sp³-hybridized carbons (Fsp3) is 0.160. The molecule has 0 aliphatic rings. The van der Waals surface area contributed by atoms with E-state index >= 15 is 0 Å². The summed E-state index contributed by atoms with van der Waals surface area (Å²) in [7, 11) is 0. The molecule has 2 heterocycles. The van der Waals surface area contributed by atoms with Crippen LogP contribution in [0.3, 0.4) is 0 Å². The van der Waals surface area contributed by atoms with E-state index in [4.69, 9.17) is 14.5 Å². The summed E-state index contributed by atoms with van der Waals surface area (Å²) in [4.78, 5) is 24.0. The molecule has 0 radical (unpaired) electrons. The van der Waals surface area contributed by atoms with Crippen molar-refractivity contribution >= 4 is 5.97 Å². The van der Waals surface area contributed by atoms with Crippen LogP contribution in [0, 0.1) is 6.92 Å². The highest BCUT2D eigenvalue weighted by molar-refractivity contribution is 5.87. The Morgan fingerprint density at radius 2 is 1.81 bits per heavy atom. The molecule has 0 saturated carbocycles. The minimum Gasteiger partial charge on any atom is -0.488 e.